The Kier molecular flexibility index (Phi) is 5.55. The van der Waals surface area contributed by atoms with Gasteiger partial charge in [0.1, 0.15) is 0 Å². The lowest BCUT2D eigenvalue weighted by molar-refractivity contribution is -0.146. The van der Waals surface area contributed by atoms with E-state index in [9.17, 15) is 22.8 Å². The molecule has 7 nitrogen and oxygen atoms in total. The Hall–Kier alpha value is -3.53. The first-order chi connectivity index (χ1) is 15.1. The molecule has 32 heavy (non-hydrogen) atoms. The Morgan fingerprint density at radius 3 is 2.69 bits per heavy atom. The highest BCUT2D eigenvalue weighted by molar-refractivity contribution is 6.39. The quantitative estimate of drug-likeness (QED) is 0.399. The standard InChI is InChI=1S/C21H17ClF3N5O2/c1-30-17-5-3-13(9-16(17)29-20(30)21(23,24)25)28-19(32)18(31)26-7-6-11-10-27-15-4-2-12(22)8-14(11)15/h2-5,8-10,27H,6-7H2,1H3,(H,26,31)(H,28,32). The maximum absolute atomic E-state index is 13.0. The number of amides is 2. The van der Waals surface area contributed by atoms with Crippen LogP contribution in [0.15, 0.2) is 42.6 Å². The van der Waals surface area contributed by atoms with Gasteiger partial charge in [0.15, 0.2) is 0 Å². The van der Waals surface area contributed by atoms with E-state index in [2.05, 4.69) is 20.6 Å². The van der Waals surface area contributed by atoms with Crippen LogP contribution in [0.5, 0.6) is 0 Å². The van der Waals surface area contributed by atoms with Gasteiger partial charge in [0.05, 0.1) is 11.0 Å². The van der Waals surface area contributed by atoms with Gasteiger partial charge in [0.2, 0.25) is 5.82 Å². The summed E-state index contributed by atoms with van der Waals surface area (Å²) >= 11 is 6.02. The van der Waals surface area contributed by atoms with Gasteiger partial charge in [-0.3, -0.25) is 9.59 Å². The van der Waals surface area contributed by atoms with E-state index in [0.717, 1.165) is 21.0 Å². The average Bonchev–Trinajstić information content (AvgIpc) is 3.28. The van der Waals surface area contributed by atoms with Gasteiger partial charge in [-0.2, -0.15) is 13.2 Å². The van der Waals surface area contributed by atoms with Crippen LogP contribution < -0.4 is 10.6 Å². The van der Waals surface area contributed by atoms with Crippen molar-refractivity contribution in [3.05, 3.63) is 59.0 Å². The number of rotatable bonds is 4. The molecule has 0 aliphatic heterocycles. The first kappa shape index (κ1) is 21.7. The summed E-state index contributed by atoms with van der Waals surface area (Å²) in [7, 11) is 1.26. The van der Waals surface area contributed by atoms with Crippen LogP contribution in [0.2, 0.25) is 5.02 Å². The number of aryl methyl sites for hydroxylation is 1. The minimum Gasteiger partial charge on any atom is -0.361 e. The maximum Gasteiger partial charge on any atom is 0.449 e. The molecule has 4 aromatic rings. The lowest BCUT2D eigenvalue weighted by Gasteiger charge is -2.07. The third-order valence-corrected chi connectivity index (χ3v) is 5.24. The van der Waals surface area contributed by atoms with Crippen LogP contribution in [0.4, 0.5) is 18.9 Å². The molecule has 2 aromatic heterocycles. The summed E-state index contributed by atoms with van der Waals surface area (Å²) < 4.78 is 40.0. The molecular weight excluding hydrogens is 447 g/mol. The van der Waals surface area contributed by atoms with E-state index in [1.165, 1.54) is 25.2 Å². The number of carbonyl (C=O) groups is 2. The van der Waals surface area contributed by atoms with Gasteiger partial charge in [-0.15, -0.1) is 0 Å². The Labute approximate surface area is 184 Å². The normalized spacial score (nSPS) is 11.8. The summed E-state index contributed by atoms with van der Waals surface area (Å²) in [5.41, 5.74) is 2.31. The fraction of sp³-hybridized carbons (Fsp3) is 0.190. The molecule has 0 atom stereocenters. The topological polar surface area (TPSA) is 91.8 Å². The Morgan fingerprint density at radius 1 is 1.16 bits per heavy atom. The van der Waals surface area contributed by atoms with Crippen LogP contribution in [0.25, 0.3) is 21.9 Å². The number of anilines is 1. The van der Waals surface area contributed by atoms with E-state index >= 15 is 0 Å². The van der Waals surface area contributed by atoms with Crippen molar-refractivity contribution in [1.29, 1.82) is 0 Å². The van der Waals surface area contributed by atoms with Gasteiger partial charge in [-0.25, -0.2) is 4.98 Å². The largest absolute Gasteiger partial charge is 0.449 e. The van der Waals surface area contributed by atoms with Crippen molar-refractivity contribution in [3.8, 4) is 0 Å². The van der Waals surface area contributed by atoms with Crippen molar-refractivity contribution in [2.75, 3.05) is 11.9 Å². The van der Waals surface area contributed by atoms with Gasteiger partial charge in [0.25, 0.3) is 0 Å². The molecule has 2 heterocycles. The van der Waals surface area contributed by atoms with Gasteiger partial charge in [-0.1, -0.05) is 11.6 Å². The zero-order valence-corrected chi connectivity index (χ0v) is 17.4. The average molecular weight is 464 g/mol. The Morgan fingerprint density at radius 2 is 1.94 bits per heavy atom. The molecule has 4 rings (SSSR count). The number of aromatic nitrogens is 3. The number of benzene rings is 2. The molecule has 0 saturated heterocycles. The van der Waals surface area contributed by atoms with Crippen LogP contribution in [0, 0.1) is 0 Å². The van der Waals surface area contributed by atoms with Crippen molar-refractivity contribution in [3.63, 3.8) is 0 Å². The summed E-state index contributed by atoms with van der Waals surface area (Å²) in [6.07, 6.45) is -2.32. The molecule has 2 aromatic carbocycles. The highest BCUT2D eigenvalue weighted by Gasteiger charge is 2.36. The smallest absolute Gasteiger partial charge is 0.361 e. The predicted octanol–water partition coefficient (Wildman–Crippen LogP) is 4.02. The first-order valence-corrected chi connectivity index (χ1v) is 9.89. The number of fused-ring (bicyclic) bond motifs is 2. The molecule has 0 radical (unpaired) electrons. The molecule has 0 aliphatic carbocycles. The monoisotopic (exact) mass is 463 g/mol. The van der Waals surface area contributed by atoms with Crippen LogP contribution in [0.3, 0.4) is 0 Å². The van der Waals surface area contributed by atoms with E-state index in [1.54, 1.807) is 6.07 Å². The molecule has 0 fully saturated rings. The molecule has 0 saturated carbocycles. The number of hydrogen-bond acceptors (Lipinski definition) is 3. The van der Waals surface area contributed by atoms with Crippen molar-refractivity contribution < 1.29 is 22.8 Å². The van der Waals surface area contributed by atoms with Gasteiger partial charge in [0, 0.05) is 41.4 Å². The van der Waals surface area contributed by atoms with Gasteiger partial charge < -0.3 is 20.2 Å². The molecule has 11 heteroatoms. The zero-order chi connectivity index (χ0) is 23.0. The number of halogens is 4. The molecular formula is C21H17ClF3N5O2. The van der Waals surface area contributed by atoms with Crippen molar-refractivity contribution in [2.45, 2.75) is 12.6 Å². The maximum atomic E-state index is 13.0. The Balaban J connectivity index is 1.38. The lowest BCUT2D eigenvalue weighted by Crippen LogP contribution is -2.36. The van der Waals surface area contributed by atoms with Crippen LogP contribution in [-0.4, -0.2) is 32.9 Å². The van der Waals surface area contributed by atoms with Crippen LogP contribution in [-0.2, 0) is 29.2 Å². The number of carbonyl (C=O) groups excluding carboxylic acids is 2. The van der Waals surface area contributed by atoms with Crippen molar-refractivity contribution in [1.82, 2.24) is 19.9 Å². The number of nitrogens with zero attached hydrogens (tertiary/aromatic N) is 2. The second-order valence-corrected chi connectivity index (χ2v) is 7.60. The Bertz CT molecular complexity index is 1340. The molecule has 3 N–H and O–H groups in total. The van der Waals surface area contributed by atoms with E-state index in [0.29, 0.717) is 11.4 Å². The number of nitrogens with one attached hydrogen (secondary N) is 3. The molecule has 0 bridgehead atoms. The SMILES string of the molecule is Cn1c(C(F)(F)F)nc2cc(NC(=O)C(=O)NCCc3c[nH]c4ccc(Cl)cc34)ccc21. The van der Waals surface area contributed by atoms with E-state index in [-0.39, 0.29) is 23.3 Å². The molecule has 0 spiro atoms. The third kappa shape index (κ3) is 4.26. The number of hydrogen-bond donors (Lipinski definition) is 3. The molecule has 2 amide bonds. The first-order valence-electron chi connectivity index (χ1n) is 9.52. The molecule has 166 valence electrons. The second-order valence-electron chi connectivity index (χ2n) is 7.16. The molecule has 0 unspecified atom stereocenters. The van der Waals surface area contributed by atoms with Crippen molar-refractivity contribution >= 4 is 51.0 Å². The summed E-state index contributed by atoms with van der Waals surface area (Å²) in [4.78, 5) is 31.0. The van der Waals surface area contributed by atoms with E-state index in [1.807, 2.05) is 18.3 Å². The highest BCUT2D eigenvalue weighted by Crippen LogP contribution is 2.31. The number of aromatic amines is 1. The lowest BCUT2D eigenvalue weighted by atomic mass is 10.1. The summed E-state index contributed by atoms with van der Waals surface area (Å²) in [6.45, 7) is 0.208. The number of H-pyrrole nitrogens is 1. The number of imidazole rings is 1. The van der Waals surface area contributed by atoms with Crippen LogP contribution >= 0.6 is 11.6 Å². The fourth-order valence-electron chi connectivity index (χ4n) is 3.47. The number of alkyl halides is 3. The highest BCUT2D eigenvalue weighted by atomic mass is 35.5. The van der Waals surface area contributed by atoms with Gasteiger partial charge in [-0.05, 0) is 48.4 Å². The zero-order valence-electron chi connectivity index (χ0n) is 16.7. The second kappa shape index (κ2) is 8.19. The van der Waals surface area contributed by atoms with E-state index < -0.39 is 23.8 Å². The summed E-state index contributed by atoms with van der Waals surface area (Å²) in [5, 5.41) is 6.42. The minimum atomic E-state index is -4.60. The van der Waals surface area contributed by atoms with E-state index in [4.69, 9.17) is 11.6 Å². The van der Waals surface area contributed by atoms with Gasteiger partial charge >= 0.3 is 18.0 Å². The molecule has 0 aliphatic rings. The van der Waals surface area contributed by atoms with Crippen LogP contribution in [0.1, 0.15) is 11.4 Å². The fourth-order valence-corrected chi connectivity index (χ4v) is 3.64. The minimum absolute atomic E-state index is 0.0519. The summed E-state index contributed by atoms with van der Waals surface area (Å²) in [6, 6.07) is 9.52. The van der Waals surface area contributed by atoms with Crippen molar-refractivity contribution in [2.24, 2.45) is 7.05 Å². The third-order valence-electron chi connectivity index (χ3n) is 5.01. The summed E-state index contributed by atoms with van der Waals surface area (Å²) in [5.74, 6) is -2.84. The predicted molar refractivity (Wildman–Crippen MR) is 114 cm³/mol.